The fourth-order valence-electron chi connectivity index (χ4n) is 3.03. The molecule has 2 aromatic rings. The summed E-state index contributed by atoms with van der Waals surface area (Å²) in [5.41, 5.74) is 1.23. The van der Waals surface area contributed by atoms with Crippen molar-refractivity contribution in [3.05, 3.63) is 52.4 Å². The smallest absolute Gasteiger partial charge is 0.332 e. The summed E-state index contributed by atoms with van der Waals surface area (Å²) in [4.78, 5) is 11.0. The molecule has 174 valence electrons. The van der Waals surface area contributed by atoms with E-state index in [9.17, 15) is 18.3 Å². The molecule has 1 unspecified atom stereocenters. The van der Waals surface area contributed by atoms with E-state index in [0.717, 1.165) is 5.41 Å². The maximum atomic E-state index is 12.7. The molecule has 0 aliphatic rings. The van der Waals surface area contributed by atoms with E-state index in [-0.39, 0.29) is 12.2 Å². The van der Waals surface area contributed by atoms with Gasteiger partial charge in [-0.2, -0.15) is 0 Å². The molecule has 10 heteroatoms. The van der Waals surface area contributed by atoms with Gasteiger partial charge in [0, 0.05) is 24.0 Å². The van der Waals surface area contributed by atoms with Crippen molar-refractivity contribution in [3.8, 4) is 23.0 Å². The Kier molecular flexibility index (Phi) is 8.50. The first-order valence-electron chi connectivity index (χ1n) is 9.41. The summed E-state index contributed by atoms with van der Waals surface area (Å²) in [5, 5.41) is 19.6. The first-order chi connectivity index (χ1) is 15.1. The van der Waals surface area contributed by atoms with Crippen LogP contribution in [-0.2, 0) is 26.8 Å². The lowest BCUT2D eigenvalue weighted by molar-refractivity contribution is -0.146. The zero-order valence-electron chi connectivity index (χ0n) is 18.2. The number of hydrogen-bond acceptors (Lipinski definition) is 8. The van der Waals surface area contributed by atoms with Crippen LogP contribution in [-0.4, -0.2) is 59.1 Å². The highest BCUT2D eigenvalue weighted by Crippen LogP contribution is 2.35. The van der Waals surface area contributed by atoms with Crippen LogP contribution in [0.3, 0.4) is 0 Å². The molecule has 9 nitrogen and oxygen atoms in total. The molecule has 0 heterocycles. The van der Waals surface area contributed by atoms with Gasteiger partial charge in [-0.05, 0) is 23.3 Å². The number of aliphatic hydroxyl groups excluding tert-OH is 1. The Bertz CT molecular complexity index is 1070. The zero-order chi connectivity index (χ0) is 23.9. The van der Waals surface area contributed by atoms with E-state index >= 15 is 0 Å². The van der Waals surface area contributed by atoms with Gasteiger partial charge >= 0.3 is 5.97 Å². The summed E-state index contributed by atoms with van der Waals surface area (Å²) in [5.74, 6) is -0.119. The molecule has 32 heavy (non-hydrogen) atoms. The predicted molar refractivity (Wildman–Crippen MR) is 118 cm³/mol. The van der Waals surface area contributed by atoms with E-state index in [1.54, 1.807) is 18.2 Å². The lowest BCUT2D eigenvalue weighted by Gasteiger charge is -2.13. The summed E-state index contributed by atoms with van der Waals surface area (Å²) in [6.45, 7) is 0. The number of carboxylic acid groups (broad SMARTS) is 1. The monoisotopic (exact) mass is 466 g/mol. The number of carboxylic acids is 1. The molecule has 0 aromatic heterocycles. The van der Waals surface area contributed by atoms with Crippen LogP contribution in [0, 0.1) is 0 Å². The van der Waals surface area contributed by atoms with E-state index in [1.807, 2.05) is 0 Å². The standard InChI is InChI=1S/C22H26O9S/c1-28-16-11-20(30-3)17(21(12-16)31-4)7-8-32(26,27)13-14-5-6-19(29-2)15(9-14)10-18(23)22(24)25/h5-9,11-12,18,23H,10,13H2,1-4H3,(H,24,25)/b8-7+. The van der Waals surface area contributed by atoms with Crippen molar-refractivity contribution < 1.29 is 42.4 Å². The zero-order valence-corrected chi connectivity index (χ0v) is 19.0. The number of aliphatic hydroxyl groups is 1. The van der Waals surface area contributed by atoms with Crippen LogP contribution in [0.2, 0.25) is 0 Å². The second-order valence-corrected chi connectivity index (χ2v) is 8.65. The second kappa shape index (κ2) is 10.9. The van der Waals surface area contributed by atoms with Crippen molar-refractivity contribution in [2.75, 3.05) is 28.4 Å². The van der Waals surface area contributed by atoms with E-state index in [4.69, 9.17) is 24.1 Å². The number of ether oxygens (including phenoxy) is 4. The molecule has 1 atom stereocenters. The van der Waals surface area contributed by atoms with Gasteiger partial charge in [0.15, 0.2) is 15.9 Å². The third-order valence-electron chi connectivity index (χ3n) is 4.61. The van der Waals surface area contributed by atoms with Crippen molar-refractivity contribution in [2.45, 2.75) is 18.3 Å². The largest absolute Gasteiger partial charge is 0.496 e. The molecule has 2 rings (SSSR count). The number of methoxy groups -OCH3 is 4. The number of hydrogen-bond donors (Lipinski definition) is 2. The van der Waals surface area contributed by atoms with Crippen LogP contribution in [0.5, 0.6) is 23.0 Å². The first kappa shape index (κ1) is 25.0. The third-order valence-corrected chi connectivity index (χ3v) is 5.89. The fraction of sp³-hybridized carbons (Fsp3) is 0.318. The number of aliphatic carboxylic acids is 1. The van der Waals surface area contributed by atoms with Gasteiger partial charge in [-0.25, -0.2) is 13.2 Å². The van der Waals surface area contributed by atoms with Crippen LogP contribution in [0.1, 0.15) is 16.7 Å². The van der Waals surface area contributed by atoms with Crippen molar-refractivity contribution in [1.29, 1.82) is 0 Å². The van der Waals surface area contributed by atoms with E-state index < -0.39 is 21.9 Å². The average molecular weight is 467 g/mol. The van der Waals surface area contributed by atoms with Crippen molar-refractivity contribution in [3.63, 3.8) is 0 Å². The molecule has 0 bridgehead atoms. The molecule has 2 N–H and O–H groups in total. The van der Waals surface area contributed by atoms with Crippen molar-refractivity contribution in [2.24, 2.45) is 0 Å². The normalized spacial score (nSPS) is 12.4. The van der Waals surface area contributed by atoms with Crippen LogP contribution in [0.15, 0.2) is 35.7 Å². The summed E-state index contributed by atoms with van der Waals surface area (Å²) in [6, 6.07) is 7.82. The highest BCUT2D eigenvalue weighted by molar-refractivity contribution is 7.93. The van der Waals surface area contributed by atoms with Gasteiger partial charge in [-0.3, -0.25) is 0 Å². The highest BCUT2D eigenvalue weighted by atomic mass is 32.2. The number of carbonyl (C=O) groups is 1. The maximum Gasteiger partial charge on any atom is 0.332 e. The van der Waals surface area contributed by atoms with E-state index in [1.165, 1.54) is 46.6 Å². The lowest BCUT2D eigenvalue weighted by Crippen LogP contribution is -2.22. The Labute approximate surface area is 186 Å². The second-order valence-electron chi connectivity index (χ2n) is 6.76. The number of sulfone groups is 1. The fourth-order valence-corrected chi connectivity index (χ4v) is 4.11. The van der Waals surface area contributed by atoms with Gasteiger partial charge < -0.3 is 29.2 Å². The van der Waals surface area contributed by atoms with Crippen LogP contribution < -0.4 is 18.9 Å². The minimum absolute atomic E-state index is 0.220. The predicted octanol–water partition coefficient (Wildman–Crippen LogP) is 2.29. The Morgan fingerprint density at radius 2 is 1.56 bits per heavy atom. The molecular formula is C22H26O9S. The number of benzene rings is 2. The van der Waals surface area contributed by atoms with E-state index in [0.29, 0.717) is 39.7 Å². The molecule has 0 saturated carbocycles. The number of rotatable bonds is 11. The molecule has 0 aliphatic heterocycles. The Morgan fingerprint density at radius 1 is 0.969 bits per heavy atom. The molecule has 0 fully saturated rings. The van der Waals surface area contributed by atoms with Crippen molar-refractivity contribution in [1.82, 2.24) is 0 Å². The quantitative estimate of drug-likeness (QED) is 0.512. The van der Waals surface area contributed by atoms with Crippen molar-refractivity contribution >= 4 is 21.9 Å². The van der Waals surface area contributed by atoms with Gasteiger partial charge in [0.1, 0.15) is 23.0 Å². The molecule has 0 spiro atoms. The first-order valence-corrected chi connectivity index (χ1v) is 11.1. The summed E-state index contributed by atoms with van der Waals surface area (Å²) >= 11 is 0. The van der Waals surface area contributed by atoms with Crippen LogP contribution in [0.25, 0.3) is 6.08 Å². The summed E-state index contributed by atoms with van der Waals surface area (Å²) in [7, 11) is 2.07. The molecule has 0 amide bonds. The minimum Gasteiger partial charge on any atom is -0.496 e. The molecule has 0 saturated heterocycles. The third kappa shape index (κ3) is 6.38. The Hall–Kier alpha value is -3.24. The minimum atomic E-state index is -3.72. The average Bonchev–Trinajstić information content (AvgIpc) is 2.76. The molecule has 2 aromatic carbocycles. The van der Waals surface area contributed by atoms with Gasteiger partial charge in [0.2, 0.25) is 0 Å². The maximum absolute atomic E-state index is 12.7. The van der Waals surface area contributed by atoms with Crippen LogP contribution in [0.4, 0.5) is 0 Å². The Morgan fingerprint density at radius 3 is 2.06 bits per heavy atom. The molecule has 0 radical (unpaired) electrons. The summed E-state index contributed by atoms with van der Waals surface area (Å²) in [6.07, 6.45) is -0.473. The summed E-state index contributed by atoms with van der Waals surface area (Å²) < 4.78 is 46.5. The SMILES string of the molecule is COc1cc(OC)c(/C=C/S(=O)(=O)Cc2ccc(OC)c(CC(O)C(=O)O)c2)c(OC)c1. The Balaban J connectivity index is 2.33. The van der Waals surface area contributed by atoms with Crippen LogP contribution >= 0.6 is 0 Å². The van der Waals surface area contributed by atoms with Gasteiger partial charge in [-0.1, -0.05) is 12.1 Å². The van der Waals surface area contributed by atoms with Gasteiger partial charge in [0.05, 0.1) is 39.8 Å². The topological polar surface area (TPSA) is 129 Å². The van der Waals surface area contributed by atoms with Gasteiger partial charge in [0.25, 0.3) is 0 Å². The molecular weight excluding hydrogens is 440 g/mol. The molecule has 0 aliphatic carbocycles. The van der Waals surface area contributed by atoms with E-state index in [2.05, 4.69) is 0 Å². The highest BCUT2D eigenvalue weighted by Gasteiger charge is 2.18. The van der Waals surface area contributed by atoms with Gasteiger partial charge in [-0.15, -0.1) is 0 Å². The lowest BCUT2D eigenvalue weighted by atomic mass is 10.0.